The smallest absolute Gasteiger partial charge is 0.146 e. The first-order chi connectivity index (χ1) is 7.20. The lowest BCUT2D eigenvalue weighted by Crippen LogP contribution is -1.90. The summed E-state index contributed by atoms with van der Waals surface area (Å²) in [6.07, 6.45) is 2.77. The summed E-state index contributed by atoms with van der Waals surface area (Å²) >= 11 is 8.98. The van der Waals surface area contributed by atoms with E-state index in [4.69, 9.17) is 11.6 Å². The van der Waals surface area contributed by atoms with E-state index in [9.17, 15) is 4.39 Å². The topological polar surface area (TPSA) is 25.8 Å². The maximum Gasteiger partial charge on any atom is 0.146 e. The van der Waals surface area contributed by atoms with Crippen molar-refractivity contribution < 1.29 is 4.39 Å². The number of hydrogen-bond donors (Lipinski definition) is 0. The molecule has 0 aliphatic heterocycles. The Morgan fingerprint density at radius 3 is 2.87 bits per heavy atom. The minimum atomic E-state index is -0.377. The normalized spacial score (nSPS) is 10.3. The maximum atomic E-state index is 13.7. The molecule has 76 valence electrons. The number of aromatic nitrogens is 2. The van der Waals surface area contributed by atoms with Crippen molar-refractivity contribution in [1.29, 1.82) is 0 Å². The molecule has 2 rings (SSSR count). The van der Waals surface area contributed by atoms with Crippen LogP contribution in [0.2, 0.25) is 5.02 Å². The monoisotopic (exact) mass is 286 g/mol. The van der Waals surface area contributed by atoms with Crippen LogP contribution < -0.4 is 0 Å². The second-order valence-corrected chi connectivity index (χ2v) is 4.08. The Bertz CT molecular complexity index is 505. The van der Waals surface area contributed by atoms with Crippen molar-refractivity contribution in [3.63, 3.8) is 0 Å². The molecule has 0 bridgehead atoms. The molecule has 1 aromatic heterocycles. The third-order valence-corrected chi connectivity index (χ3v) is 2.76. The Labute approximate surface area is 99.3 Å². The first kappa shape index (κ1) is 10.5. The molecular formula is C10H5BrClFN2. The highest BCUT2D eigenvalue weighted by Gasteiger charge is 2.12. The standard InChI is InChI=1S/C10H5BrClFN2/c11-7-3-1-2-6(9(7)13)10-8(12)4-14-5-15-10/h1-5H. The van der Waals surface area contributed by atoms with Gasteiger partial charge in [-0.15, -0.1) is 0 Å². The van der Waals surface area contributed by atoms with E-state index in [1.807, 2.05) is 0 Å². The molecule has 0 spiro atoms. The van der Waals surface area contributed by atoms with E-state index in [1.54, 1.807) is 18.2 Å². The van der Waals surface area contributed by atoms with Crippen LogP contribution >= 0.6 is 27.5 Å². The van der Waals surface area contributed by atoms with Gasteiger partial charge in [0.1, 0.15) is 12.1 Å². The largest absolute Gasteiger partial charge is 0.243 e. The van der Waals surface area contributed by atoms with Gasteiger partial charge in [-0.3, -0.25) is 0 Å². The molecule has 15 heavy (non-hydrogen) atoms. The minimum absolute atomic E-state index is 0.328. The molecule has 2 nitrogen and oxygen atoms in total. The van der Waals surface area contributed by atoms with Gasteiger partial charge in [-0.1, -0.05) is 17.7 Å². The van der Waals surface area contributed by atoms with Crippen molar-refractivity contribution >= 4 is 27.5 Å². The summed E-state index contributed by atoms with van der Waals surface area (Å²) in [5.74, 6) is -0.377. The SMILES string of the molecule is Fc1c(Br)cccc1-c1ncncc1Cl. The molecule has 0 saturated carbocycles. The molecule has 0 aliphatic rings. The van der Waals surface area contributed by atoms with Crippen molar-refractivity contribution in [2.24, 2.45) is 0 Å². The van der Waals surface area contributed by atoms with Gasteiger partial charge in [-0.2, -0.15) is 0 Å². The van der Waals surface area contributed by atoms with Crippen molar-refractivity contribution in [2.75, 3.05) is 0 Å². The van der Waals surface area contributed by atoms with Gasteiger partial charge in [0, 0.05) is 11.8 Å². The lowest BCUT2D eigenvalue weighted by molar-refractivity contribution is 0.624. The average Bonchev–Trinajstić information content (AvgIpc) is 2.23. The summed E-state index contributed by atoms with van der Waals surface area (Å²) in [6.45, 7) is 0. The Kier molecular flexibility index (Phi) is 2.98. The molecular weight excluding hydrogens is 282 g/mol. The zero-order valence-corrected chi connectivity index (χ0v) is 9.76. The van der Waals surface area contributed by atoms with E-state index in [0.29, 0.717) is 20.8 Å². The Morgan fingerprint density at radius 2 is 2.13 bits per heavy atom. The van der Waals surface area contributed by atoms with Crippen LogP contribution in [0, 0.1) is 5.82 Å². The summed E-state index contributed by atoms with van der Waals surface area (Å²) in [5.41, 5.74) is 0.752. The van der Waals surface area contributed by atoms with Gasteiger partial charge >= 0.3 is 0 Å². The number of hydrogen-bond acceptors (Lipinski definition) is 2. The molecule has 5 heteroatoms. The first-order valence-electron chi connectivity index (χ1n) is 4.10. The van der Waals surface area contributed by atoms with Gasteiger partial charge in [0.25, 0.3) is 0 Å². The quantitative estimate of drug-likeness (QED) is 0.799. The summed E-state index contributed by atoms with van der Waals surface area (Å²) in [4.78, 5) is 7.69. The van der Waals surface area contributed by atoms with E-state index in [2.05, 4.69) is 25.9 Å². The van der Waals surface area contributed by atoms with Gasteiger partial charge in [-0.25, -0.2) is 14.4 Å². The van der Waals surface area contributed by atoms with E-state index in [-0.39, 0.29) is 5.82 Å². The highest BCUT2D eigenvalue weighted by Crippen LogP contribution is 2.30. The number of benzene rings is 1. The fourth-order valence-corrected chi connectivity index (χ4v) is 1.77. The van der Waals surface area contributed by atoms with Crippen LogP contribution in [0.3, 0.4) is 0 Å². The predicted molar refractivity (Wildman–Crippen MR) is 60.1 cm³/mol. The van der Waals surface area contributed by atoms with Crippen molar-refractivity contribution in [3.05, 3.63) is 46.0 Å². The van der Waals surface area contributed by atoms with Crippen molar-refractivity contribution in [1.82, 2.24) is 9.97 Å². The van der Waals surface area contributed by atoms with Crippen molar-refractivity contribution in [2.45, 2.75) is 0 Å². The van der Waals surface area contributed by atoms with Crippen LogP contribution in [0.4, 0.5) is 4.39 Å². The number of nitrogens with zero attached hydrogens (tertiary/aromatic N) is 2. The van der Waals surface area contributed by atoms with Crippen molar-refractivity contribution in [3.8, 4) is 11.3 Å². The molecule has 0 radical (unpaired) electrons. The van der Waals surface area contributed by atoms with Crippen LogP contribution in [0.15, 0.2) is 35.2 Å². The third kappa shape index (κ3) is 2.01. The first-order valence-corrected chi connectivity index (χ1v) is 5.27. The molecule has 2 aromatic rings. The minimum Gasteiger partial charge on any atom is -0.243 e. The summed E-state index contributed by atoms with van der Waals surface area (Å²) in [5, 5.41) is 0.328. The molecule has 0 saturated heterocycles. The fraction of sp³-hybridized carbons (Fsp3) is 0. The molecule has 0 amide bonds. The number of rotatable bonds is 1. The average molecular weight is 288 g/mol. The van der Waals surface area contributed by atoms with Crippen LogP contribution in [0.1, 0.15) is 0 Å². The van der Waals surface area contributed by atoms with Gasteiger partial charge in [-0.05, 0) is 28.1 Å². The summed E-state index contributed by atoms with van der Waals surface area (Å²) in [6, 6.07) is 4.96. The zero-order valence-electron chi connectivity index (χ0n) is 7.42. The van der Waals surface area contributed by atoms with E-state index in [0.717, 1.165) is 0 Å². The van der Waals surface area contributed by atoms with Gasteiger partial charge in [0.15, 0.2) is 0 Å². The van der Waals surface area contributed by atoms with Crippen LogP contribution in [-0.2, 0) is 0 Å². The highest BCUT2D eigenvalue weighted by atomic mass is 79.9. The third-order valence-electron chi connectivity index (χ3n) is 1.87. The maximum absolute atomic E-state index is 13.7. The van der Waals surface area contributed by atoms with Gasteiger partial charge < -0.3 is 0 Å². The molecule has 0 N–H and O–H groups in total. The summed E-state index contributed by atoms with van der Waals surface area (Å²) in [7, 11) is 0. The van der Waals surface area contributed by atoms with Crippen LogP contribution in [-0.4, -0.2) is 9.97 Å². The van der Waals surface area contributed by atoms with Crippen LogP contribution in [0.5, 0.6) is 0 Å². The van der Waals surface area contributed by atoms with Gasteiger partial charge in [0.2, 0.25) is 0 Å². The number of halogens is 3. The van der Waals surface area contributed by atoms with Crippen LogP contribution in [0.25, 0.3) is 11.3 Å². The second-order valence-electron chi connectivity index (χ2n) is 2.82. The van der Waals surface area contributed by atoms with E-state index >= 15 is 0 Å². The Morgan fingerprint density at radius 1 is 1.33 bits per heavy atom. The predicted octanol–water partition coefficient (Wildman–Crippen LogP) is 3.70. The summed E-state index contributed by atoms with van der Waals surface area (Å²) < 4.78 is 14.1. The lowest BCUT2D eigenvalue weighted by Gasteiger charge is -2.04. The second kappa shape index (κ2) is 4.24. The molecule has 1 aromatic carbocycles. The van der Waals surface area contributed by atoms with E-state index in [1.165, 1.54) is 12.5 Å². The highest BCUT2D eigenvalue weighted by molar-refractivity contribution is 9.10. The fourth-order valence-electron chi connectivity index (χ4n) is 1.20. The van der Waals surface area contributed by atoms with E-state index < -0.39 is 0 Å². The molecule has 0 unspecified atom stereocenters. The molecule has 1 heterocycles. The van der Waals surface area contributed by atoms with Gasteiger partial charge in [0.05, 0.1) is 15.2 Å². The molecule has 0 fully saturated rings. The molecule has 0 aliphatic carbocycles. The lowest BCUT2D eigenvalue weighted by atomic mass is 10.1. The zero-order chi connectivity index (χ0) is 10.8. The Hall–Kier alpha value is -1.00. The Balaban J connectivity index is 2.65. The molecule has 0 atom stereocenters.